The zero-order valence-electron chi connectivity index (χ0n) is 49.9. The number of rotatable bonds is 22. The summed E-state index contributed by atoms with van der Waals surface area (Å²) < 4.78 is 27.3. The van der Waals surface area contributed by atoms with Crippen LogP contribution in [0.2, 0.25) is 0 Å². The third-order valence-corrected chi connectivity index (χ3v) is 13.1. The second-order valence-corrected chi connectivity index (χ2v) is 21.0. The second-order valence-electron chi connectivity index (χ2n) is 21.0. The number of ether oxygens (including phenoxy) is 5. The Labute approximate surface area is 481 Å². The summed E-state index contributed by atoms with van der Waals surface area (Å²) in [5, 5.41) is 16.4. The molecule has 24 heteroatoms. The second kappa shape index (κ2) is 30.8. The minimum Gasteiger partial charge on any atom is -0.480 e. The molecular formula is C58H84N12O12. The Morgan fingerprint density at radius 3 is 1.27 bits per heavy atom. The number of esters is 1. The Hall–Kier alpha value is -7.86. The van der Waals surface area contributed by atoms with Crippen LogP contribution in [0.25, 0.3) is 0 Å². The smallest absolute Gasteiger partial charge is 0.415 e. The van der Waals surface area contributed by atoms with Crippen LogP contribution in [0.5, 0.6) is 11.5 Å². The summed E-state index contributed by atoms with van der Waals surface area (Å²) in [5.74, 6) is 0.381. The number of morpholine rings is 2. The fourth-order valence-corrected chi connectivity index (χ4v) is 9.02. The zero-order valence-corrected chi connectivity index (χ0v) is 49.9. The maximum Gasteiger partial charge on any atom is 0.415 e. The maximum atomic E-state index is 13.5. The number of carboxylic acids is 1. The number of nitrogens with zero attached hydrogens (tertiary/aromatic N) is 10. The van der Waals surface area contributed by atoms with Gasteiger partial charge in [-0.1, -0.05) is 24.3 Å². The number of aromatic nitrogens is 4. The topological polar surface area (TPSA) is 264 Å². The number of carboxylic acid groups (broad SMARTS) is 1. The molecule has 2 saturated heterocycles. The van der Waals surface area contributed by atoms with Gasteiger partial charge in [0.1, 0.15) is 40.6 Å². The molecule has 0 saturated carbocycles. The minimum absolute atomic E-state index is 0.124. The van der Waals surface area contributed by atoms with Crippen LogP contribution in [-0.2, 0) is 46.2 Å². The number of benzene rings is 2. The van der Waals surface area contributed by atoms with E-state index in [4.69, 9.17) is 28.7 Å². The highest BCUT2D eigenvalue weighted by molar-refractivity contribution is 5.96. The number of aliphatic carboxylic acids is 1. The first-order chi connectivity index (χ1) is 39.0. The third kappa shape index (κ3) is 18.9. The molecular weight excluding hydrogens is 1060 g/mol. The molecule has 2 fully saturated rings. The lowest BCUT2D eigenvalue weighted by molar-refractivity contribution is -0.155. The molecule has 4 heterocycles. The molecule has 0 unspecified atom stereocenters. The molecule has 6 rings (SSSR count). The molecule has 2 atom stereocenters. The average molecular weight is 1140 g/mol. The van der Waals surface area contributed by atoms with Crippen LogP contribution < -0.4 is 39.7 Å². The molecule has 4 aromatic rings. The number of carbonyl (C=O) groups is 6. The van der Waals surface area contributed by atoms with E-state index in [-0.39, 0.29) is 42.6 Å². The molecule has 0 radical (unpaired) electrons. The lowest BCUT2D eigenvalue weighted by Gasteiger charge is -2.30. The van der Waals surface area contributed by atoms with Crippen molar-refractivity contribution in [1.29, 1.82) is 0 Å². The third-order valence-electron chi connectivity index (χ3n) is 13.1. The van der Waals surface area contributed by atoms with E-state index in [0.717, 1.165) is 5.56 Å². The minimum atomic E-state index is -1.08. The number of amides is 4. The Bertz CT molecular complexity index is 2740. The van der Waals surface area contributed by atoms with Gasteiger partial charge in [0.05, 0.1) is 38.8 Å². The molecule has 448 valence electrons. The van der Waals surface area contributed by atoms with Gasteiger partial charge >= 0.3 is 24.1 Å². The zero-order chi connectivity index (χ0) is 60.3. The Kier molecular flexibility index (Phi) is 24.4. The first-order valence-electron chi connectivity index (χ1n) is 28.1. The fraction of sp³-hybridized carbons (Fsp3) is 0.552. The van der Waals surface area contributed by atoms with Crippen molar-refractivity contribution >= 4 is 70.8 Å². The monoisotopic (exact) mass is 1140 g/mol. The summed E-state index contributed by atoms with van der Waals surface area (Å²) in [6.45, 7) is 30.4. The van der Waals surface area contributed by atoms with Crippen LogP contribution in [-0.4, -0.2) is 179 Å². The fourth-order valence-electron chi connectivity index (χ4n) is 9.02. The molecule has 3 N–H and O–H groups in total. The van der Waals surface area contributed by atoms with Crippen LogP contribution in [0.4, 0.5) is 44.5 Å². The van der Waals surface area contributed by atoms with E-state index in [2.05, 4.69) is 25.6 Å². The summed E-state index contributed by atoms with van der Waals surface area (Å²) in [4.78, 5) is 104. The summed E-state index contributed by atoms with van der Waals surface area (Å²) in [6, 6.07) is 11.5. The standard InChI is InChI=1S/C31H46N6O6.C27H38N6O6/c1-9-35(10-2)29-32-20-26(37(21(3)4)22(5)38)27(34-29)33-25(28(39)43-31(6,7)8)19-23-11-13-24(14-12-23)42-30(40)36-15-17-41-18-16-36;1-6-31(7-2)26-28-17-23(33(18(3)4)19(5)34)24(30-26)29-22(25(35)36)16-20-8-10-21(11-9-20)39-27(37)32-12-14-38-15-13-32/h11-14,20-21,25H,9-10,15-19H2,1-8H3,(H,32,33,34);8-11,17-18,22H,6-7,12-16H2,1-5H3,(H,35,36)(H,28,29,30)/t25-;22-/m00/s1. The SMILES string of the molecule is CCN(CC)c1ncc(N(C(C)=O)C(C)C)c(N[C@@H](Cc2ccc(OC(=O)N3CCOCC3)cc2)C(=O)O)n1.CCN(CC)c1ncc(N(C(C)=O)C(C)C)c(N[C@@H](Cc2ccc(OC(=O)N3CCOCC3)cc2)C(=O)OC(C)(C)C)n1. The first kappa shape index (κ1) is 65.0. The van der Waals surface area contributed by atoms with Crippen molar-refractivity contribution < 1.29 is 57.6 Å². The number of hydrogen-bond donors (Lipinski definition) is 3. The lowest BCUT2D eigenvalue weighted by Crippen LogP contribution is -2.42. The van der Waals surface area contributed by atoms with E-state index in [9.17, 15) is 33.9 Å². The van der Waals surface area contributed by atoms with Gasteiger partial charge in [0.25, 0.3) is 0 Å². The van der Waals surface area contributed by atoms with Crippen molar-refractivity contribution in [3.05, 3.63) is 72.1 Å². The van der Waals surface area contributed by atoms with Crippen molar-refractivity contribution in [2.45, 2.75) is 133 Å². The van der Waals surface area contributed by atoms with E-state index < -0.39 is 41.8 Å². The molecule has 2 aliphatic rings. The highest BCUT2D eigenvalue weighted by atomic mass is 16.6. The first-order valence-corrected chi connectivity index (χ1v) is 28.1. The summed E-state index contributed by atoms with van der Waals surface area (Å²) >= 11 is 0. The normalized spacial score (nSPS) is 14.1. The molecule has 82 heavy (non-hydrogen) atoms. The highest BCUT2D eigenvalue weighted by Crippen LogP contribution is 2.31. The van der Waals surface area contributed by atoms with Gasteiger partial charge in [-0.3, -0.25) is 9.59 Å². The largest absolute Gasteiger partial charge is 0.480 e. The van der Waals surface area contributed by atoms with E-state index in [1.807, 2.05) is 86.0 Å². The molecule has 2 aromatic carbocycles. The number of carbonyl (C=O) groups excluding carboxylic acids is 5. The van der Waals surface area contributed by atoms with Crippen molar-refractivity contribution in [2.24, 2.45) is 0 Å². The summed E-state index contributed by atoms with van der Waals surface area (Å²) in [7, 11) is 0. The van der Waals surface area contributed by atoms with Crippen LogP contribution in [0.3, 0.4) is 0 Å². The van der Waals surface area contributed by atoms with Crippen LogP contribution in [0, 0.1) is 0 Å². The van der Waals surface area contributed by atoms with Gasteiger partial charge in [0.2, 0.25) is 23.7 Å². The van der Waals surface area contributed by atoms with Crippen molar-refractivity contribution in [3.63, 3.8) is 0 Å². The molecule has 0 bridgehead atoms. The van der Waals surface area contributed by atoms with Crippen molar-refractivity contribution in [2.75, 3.05) is 109 Å². The van der Waals surface area contributed by atoms with E-state index in [1.54, 1.807) is 75.6 Å². The van der Waals surface area contributed by atoms with E-state index in [0.29, 0.717) is 125 Å². The van der Waals surface area contributed by atoms with Gasteiger partial charge < -0.3 is 68.8 Å². The van der Waals surface area contributed by atoms with Gasteiger partial charge in [-0.2, -0.15) is 9.97 Å². The maximum absolute atomic E-state index is 13.5. The predicted octanol–water partition coefficient (Wildman–Crippen LogP) is 7.30. The van der Waals surface area contributed by atoms with Crippen molar-refractivity contribution in [1.82, 2.24) is 29.7 Å². The predicted molar refractivity (Wildman–Crippen MR) is 313 cm³/mol. The van der Waals surface area contributed by atoms with Gasteiger partial charge in [-0.05, 0) is 112 Å². The Morgan fingerprint density at radius 1 is 0.598 bits per heavy atom. The van der Waals surface area contributed by atoms with Gasteiger partial charge in [0, 0.05) is 91.1 Å². The lowest BCUT2D eigenvalue weighted by atomic mass is 10.0. The van der Waals surface area contributed by atoms with Gasteiger partial charge in [-0.25, -0.2) is 29.1 Å². The molecule has 24 nitrogen and oxygen atoms in total. The Balaban J connectivity index is 0.000000302. The van der Waals surface area contributed by atoms with Crippen LogP contribution >= 0.6 is 0 Å². The quantitative estimate of drug-likeness (QED) is 0.0652. The molecule has 4 amide bonds. The molecule has 2 aromatic heterocycles. The van der Waals surface area contributed by atoms with E-state index >= 15 is 0 Å². The number of nitrogens with one attached hydrogen (secondary N) is 2. The van der Waals surface area contributed by atoms with Crippen LogP contribution in [0.1, 0.15) is 101 Å². The summed E-state index contributed by atoms with van der Waals surface area (Å²) in [5.41, 5.74) is 1.68. The van der Waals surface area contributed by atoms with E-state index in [1.165, 1.54) is 18.7 Å². The Morgan fingerprint density at radius 2 is 0.951 bits per heavy atom. The highest BCUT2D eigenvalue weighted by Gasteiger charge is 2.31. The van der Waals surface area contributed by atoms with Crippen LogP contribution in [0.15, 0.2) is 60.9 Å². The molecule has 2 aliphatic heterocycles. The van der Waals surface area contributed by atoms with Gasteiger partial charge in [-0.15, -0.1) is 0 Å². The average Bonchev–Trinajstić information content (AvgIpc) is 3.60. The molecule has 0 aliphatic carbocycles. The number of hydrogen-bond acceptors (Lipinski definition) is 19. The number of anilines is 6. The summed E-state index contributed by atoms with van der Waals surface area (Å²) in [6.07, 6.45) is 2.67. The van der Waals surface area contributed by atoms with Crippen molar-refractivity contribution in [3.8, 4) is 11.5 Å². The molecule has 0 spiro atoms. The van der Waals surface area contributed by atoms with Gasteiger partial charge in [0.15, 0.2) is 11.6 Å².